The quantitative estimate of drug-likeness (QED) is 0.826. The van der Waals surface area contributed by atoms with Crippen molar-refractivity contribution in [2.24, 2.45) is 29.6 Å². The summed E-state index contributed by atoms with van der Waals surface area (Å²) in [5, 5.41) is 2.93. The van der Waals surface area contributed by atoms with Crippen molar-refractivity contribution in [3.63, 3.8) is 0 Å². The maximum Gasteiger partial charge on any atom is 0.233 e. The first-order chi connectivity index (χ1) is 13.1. The second kappa shape index (κ2) is 6.50. The van der Waals surface area contributed by atoms with Crippen molar-refractivity contribution in [1.29, 1.82) is 0 Å². The van der Waals surface area contributed by atoms with Gasteiger partial charge in [-0.3, -0.25) is 19.3 Å². The molecule has 3 aliphatic carbocycles. The summed E-state index contributed by atoms with van der Waals surface area (Å²) in [5.41, 5.74) is 0. The lowest BCUT2D eigenvalue weighted by Crippen LogP contribution is -2.45. The average molecular weight is 370 g/mol. The van der Waals surface area contributed by atoms with Gasteiger partial charge in [-0.1, -0.05) is 0 Å². The van der Waals surface area contributed by atoms with Crippen LogP contribution in [-0.2, 0) is 20.9 Å². The van der Waals surface area contributed by atoms with E-state index in [-0.39, 0.29) is 41.5 Å². The summed E-state index contributed by atoms with van der Waals surface area (Å²) in [5.74, 6) is 1.71. The van der Waals surface area contributed by atoms with E-state index < -0.39 is 0 Å². The van der Waals surface area contributed by atoms with Gasteiger partial charge >= 0.3 is 0 Å². The number of hydrogen-bond acceptors (Lipinski definition) is 4. The molecule has 0 spiro atoms. The Kier molecular flexibility index (Phi) is 4.10. The Morgan fingerprint density at radius 2 is 1.70 bits per heavy atom. The Hall–Kier alpha value is -2.11. The lowest BCUT2D eigenvalue weighted by Gasteiger charge is -2.33. The fourth-order valence-electron chi connectivity index (χ4n) is 6.12. The molecule has 1 N–H and O–H groups in total. The monoisotopic (exact) mass is 370 g/mol. The molecule has 5 rings (SSSR count). The van der Waals surface area contributed by atoms with Crippen LogP contribution in [0.4, 0.5) is 0 Å². The molecule has 27 heavy (non-hydrogen) atoms. The van der Waals surface area contributed by atoms with Crippen molar-refractivity contribution < 1.29 is 18.8 Å². The Balaban J connectivity index is 1.18. The summed E-state index contributed by atoms with van der Waals surface area (Å²) in [6.45, 7) is 0.404. The third kappa shape index (κ3) is 2.72. The Morgan fingerprint density at radius 3 is 2.30 bits per heavy atom. The van der Waals surface area contributed by atoms with Crippen LogP contribution in [0.25, 0.3) is 0 Å². The van der Waals surface area contributed by atoms with Crippen molar-refractivity contribution in [2.75, 3.05) is 0 Å². The molecule has 1 aliphatic heterocycles. The van der Waals surface area contributed by atoms with Gasteiger partial charge in [0.1, 0.15) is 5.76 Å². The lowest BCUT2D eigenvalue weighted by molar-refractivity contribution is -0.144. The van der Waals surface area contributed by atoms with E-state index in [1.54, 1.807) is 17.2 Å². The SMILES string of the molecule is O=C(NCc1ccco1)C1CCC(N2C(=O)[C@@H]3[C@H]4CC[C@@H](C4)[C@H]3C2=O)CC1. The number of likely N-dealkylation sites (tertiary alicyclic amines) is 1. The predicted octanol–water partition coefficient (Wildman–Crippen LogP) is 2.49. The van der Waals surface area contributed by atoms with Crippen molar-refractivity contribution in [3.8, 4) is 0 Å². The third-order valence-corrected chi connectivity index (χ3v) is 7.41. The zero-order chi connectivity index (χ0) is 18.5. The number of nitrogens with one attached hydrogen (secondary N) is 1. The van der Waals surface area contributed by atoms with Crippen LogP contribution in [0.3, 0.4) is 0 Å². The first-order valence-electron chi connectivity index (χ1n) is 10.3. The van der Waals surface area contributed by atoms with Crippen LogP contribution in [0.2, 0.25) is 0 Å². The summed E-state index contributed by atoms with van der Waals surface area (Å²) in [7, 11) is 0. The maximum atomic E-state index is 13.0. The fraction of sp³-hybridized carbons (Fsp3) is 0.667. The molecule has 6 heteroatoms. The third-order valence-electron chi connectivity index (χ3n) is 7.41. The Labute approximate surface area is 158 Å². The van der Waals surface area contributed by atoms with Gasteiger partial charge in [-0.25, -0.2) is 0 Å². The smallest absolute Gasteiger partial charge is 0.233 e. The molecule has 0 unspecified atom stereocenters. The van der Waals surface area contributed by atoms with E-state index in [4.69, 9.17) is 4.42 Å². The summed E-state index contributed by atoms with van der Waals surface area (Å²) in [6, 6.07) is 3.63. The molecular formula is C21H26N2O4. The van der Waals surface area contributed by atoms with Crippen molar-refractivity contribution in [2.45, 2.75) is 57.5 Å². The minimum atomic E-state index is -0.0419. The van der Waals surface area contributed by atoms with E-state index in [1.807, 2.05) is 6.07 Å². The number of rotatable bonds is 4. The molecule has 3 saturated carbocycles. The van der Waals surface area contributed by atoms with Crippen LogP contribution in [0.5, 0.6) is 0 Å². The first-order valence-corrected chi connectivity index (χ1v) is 10.3. The molecule has 4 atom stereocenters. The highest BCUT2D eigenvalue weighted by molar-refractivity contribution is 6.06. The van der Waals surface area contributed by atoms with Gasteiger partial charge in [0.2, 0.25) is 17.7 Å². The van der Waals surface area contributed by atoms with Gasteiger partial charge in [0.05, 0.1) is 24.6 Å². The van der Waals surface area contributed by atoms with E-state index in [9.17, 15) is 14.4 Å². The van der Waals surface area contributed by atoms with Gasteiger partial charge < -0.3 is 9.73 Å². The van der Waals surface area contributed by atoms with Crippen molar-refractivity contribution >= 4 is 17.7 Å². The molecule has 0 radical (unpaired) electrons. The van der Waals surface area contributed by atoms with Crippen LogP contribution < -0.4 is 5.32 Å². The molecule has 1 saturated heterocycles. The zero-order valence-electron chi connectivity index (χ0n) is 15.4. The molecule has 144 valence electrons. The summed E-state index contributed by atoms with van der Waals surface area (Å²) in [4.78, 5) is 39.9. The lowest BCUT2D eigenvalue weighted by atomic mass is 9.81. The standard InChI is InChI=1S/C21H26N2O4/c24-19(22-11-16-2-1-9-27-16)12-5-7-15(8-6-12)23-20(25)17-13-3-4-14(10-13)18(17)21(23)26/h1-2,9,12-15,17-18H,3-8,10-11H2,(H,22,24)/t12?,13-,14-,15?,17+,18+/m0/s1. The number of nitrogens with zero attached hydrogens (tertiary/aromatic N) is 1. The number of carbonyl (C=O) groups is 3. The van der Waals surface area contributed by atoms with Crippen molar-refractivity contribution in [1.82, 2.24) is 10.2 Å². The largest absolute Gasteiger partial charge is 0.467 e. The highest BCUT2D eigenvalue weighted by Gasteiger charge is 2.61. The number of amides is 3. The number of imide groups is 1. The molecule has 4 fully saturated rings. The van der Waals surface area contributed by atoms with Gasteiger partial charge in [-0.05, 0) is 68.9 Å². The molecule has 4 aliphatic rings. The van der Waals surface area contributed by atoms with Gasteiger partial charge in [0.25, 0.3) is 0 Å². The molecule has 6 nitrogen and oxygen atoms in total. The van der Waals surface area contributed by atoms with E-state index in [0.717, 1.165) is 50.7 Å². The minimum Gasteiger partial charge on any atom is -0.467 e. The molecular weight excluding hydrogens is 344 g/mol. The molecule has 2 bridgehead atoms. The molecule has 0 aromatic carbocycles. The van der Waals surface area contributed by atoms with Crippen LogP contribution in [-0.4, -0.2) is 28.7 Å². The summed E-state index contributed by atoms with van der Waals surface area (Å²) in [6.07, 6.45) is 7.84. The maximum absolute atomic E-state index is 13.0. The molecule has 1 aromatic heterocycles. The van der Waals surface area contributed by atoms with Gasteiger partial charge in [0, 0.05) is 12.0 Å². The van der Waals surface area contributed by atoms with Crippen LogP contribution in [0, 0.1) is 29.6 Å². The normalized spacial score (nSPS) is 37.7. The van der Waals surface area contributed by atoms with E-state index in [0.29, 0.717) is 18.4 Å². The fourth-order valence-corrected chi connectivity index (χ4v) is 6.12. The highest BCUT2D eigenvalue weighted by atomic mass is 16.3. The molecule has 2 heterocycles. The van der Waals surface area contributed by atoms with E-state index >= 15 is 0 Å². The van der Waals surface area contributed by atoms with Crippen molar-refractivity contribution in [3.05, 3.63) is 24.2 Å². The number of furan rings is 1. The summed E-state index contributed by atoms with van der Waals surface area (Å²) < 4.78 is 5.24. The van der Waals surface area contributed by atoms with E-state index in [2.05, 4.69) is 5.32 Å². The topological polar surface area (TPSA) is 79.6 Å². The van der Waals surface area contributed by atoms with E-state index in [1.165, 1.54) is 0 Å². The zero-order valence-corrected chi connectivity index (χ0v) is 15.4. The number of fused-ring (bicyclic) bond motifs is 5. The van der Waals surface area contributed by atoms with Crippen LogP contribution in [0.1, 0.15) is 50.7 Å². The molecule has 1 aromatic rings. The highest BCUT2D eigenvalue weighted by Crippen LogP contribution is 2.56. The van der Waals surface area contributed by atoms with Gasteiger partial charge in [0.15, 0.2) is 0 Å². The minimum absolute atomic E-state index is 0.0101. The van der Waals surface area contributed by atoms with Crippen LogP contribution >= 0.6 is 0 Å². The van der Waals surface area contributed by atoms with Crippen LogP contribution in [0.15, 0.2) is 22.8 Å². The predicted molar refractivity (Wildman–Crippen MR) is 96.0 cm³/mol. The number of carbonyl (C=O) groups excluding carboxylic acids is 3. The van der Waals surface area contributed by atoms with Gasteiger partial charge in [-0.2, -0.15) is 0 Å². The number of hydrogen-bond donors (Lipinski definition) is 1. The first kappa shape index (κ1) is 17.0. The Morgan fingerprint density at radius 1 is 1.04 bits per heavy atom. The van der Waals surface area contributed by atoms with Gasteiger partial charge in [-0.15, -0.1) is 0 Å². The second-order valence-corrected chi connectivity index (χ2v) is 8.73. The average Bonchev–Trinajstić information content (AvgIpc) is 3.45. The molecule has 3 amide bonds. The Bertz CT molecular complexity index is 722. The second-order valence-electron chi connectivity index (χ2n) is 8.73. The summed E-state index contributed by atoms with van der Waals surface area (Å²) >= 11 is 0.